The lowest BCUT2D eigenvalue weighted by molar-refractivity contribution is -0.225. The molecule has 0 aliphatic heterocycles. The Hall–Kier alpha value is 0.200. The Bertz CT molecular complexity index is 118. The van der Waals surface area contributed by atoms with Crippen LogP contribution in [0.15, 0.2) is 0 Å². The molecule has 0 aliphatic rings. The molecular weight excluding hydrogens is 228 g/mol. The zero-order chi connectivity index (χ0) is 9.12. The summed E-state index contributed by atoms with van der Waals surface area (Å²) in [5.41, 5.74) is -3.04. The predicted octanol–water partition coefficient (Wildman–Crippen LogP) is 3.45. The molecule has 0 nitrogen and oxygen atoms in total. The Balaban J connectivity index is 4.00. The predicted molar refractivity (Wildman–Crippen MR) is 38.6 cm³/mol. The van der Waals surface area contributed by atoms with Gasteiger partial charge in [0, 0.05) is 5.33 Å². The van der Waals surface area contributed by atoms with Gasteiger partial charge in [-0.1, -0.05) is 15.9 Å². The third-order valence-electron chi connectivity index (χ3n) is 1.37. The van der Waals surface area contributed by atoms with Gasteiger partial charge in [0.25, 0.3) is 0 Å². The van der Waals surface area contributed by atoms with Crippen molar-refractivity contribution in [3.63, 3.8) is 0 Å². The zero-order valence-corrected chi connectivity index (χ0v) is 7.60. The smallest absolute Gasteiger partial charge is 0.234 e. The molecule has 0 amide bonds. The Labute approximate surface area is 71.1 Å². The van der Waals surface area contributed by atoms with Gasteiger partial charge in [0.1, 0.15) is 0 Å². The van der Waals surface area contributed by atoms with Crippen molar-refractivity contribution in [2.24, 2.45) is 0 Å². The third-order valence-corrected chi connectivity index (χ3v) is 1.93. The summed E-state index contributed by atoms with van der Waals surface area (Å²) in [5.74, 6) is 0. The van der Waals surface area contributed by atoms with Crippen molar-refractivity contribution < 1.29 is 17.6 Å². The quantitative estimate of drug-likeness (QED) is 0.520. The molecule has 1 atom stereocenters. The van der Waals surface area contributed by atoms with Crippen LogP contribution in [0.1, 0.15) is 19.8 Å². The van der Waals surface area contributed by atoms with E-state index in [4.69, 9.17) is 0 Å². The molecule has 0 saturated carbocycles. The van der Waals surface area contributed by atoms with E-state index >= 15 is 0 Å². The summed E-state index contributed by atoms with van der Waals surface area (Å²) >= 11 is 2.93. The summed E-state index contributed by atoms with van der Waals surface area (Å²) in [6.07, 6.45) is -5.04. The molecule has 0 bridgehead atoms. The standard InChI is InChI=1S/C6H9BrF4/c1-5(8,3-2-4-7)6(9,10)11/h2-4H2,1H3. The number of halogens is 5. The third kappa shape index (κ3) is 3.40. The molecule has 0 aromatic rings. The van der Waals surface area contributed by atoms with Crippen LogP contribution in [-0.2, 0) is 0 Å². The fraction of sp³-hybridized carbons (Fsp3) is 1.00. The van der Waals surface area contributed by atoms with Crippen LogP contribution in [0.3, 0.4) is 0 Å². The molecule has 0 heterocycles. The van der Waals surface area contributed by atoms with E-state index in [0.717, 1.165) is 0 Å². The fourth-order valence-corrected chi connectivity index (χ4v) is 0.821. The van der Waals surface area contributed by atoms with Crippen LogP contribution in [0.25, 0.3) is 0 Å². The molecule has 1 unspecified atom stereocenters. The van der Waals surface area contributed by atoms with Crippen LogP contribution >= 0.6 is 15.9 Å². The maximum absolute atomic E-state index is 12.6. The second-order valence-electron chi connectivity index (χ2n) is 2.49. The molecule has 0 rings (SSSR count). The van der Waals surface area contributed by atoms with E-state index in [0.29, 0.717) is 12.3 Å². The van der Waals surface area contributed by atoms with E-state index in [1.807, 2.05) is 0 Å². The van der Waals surface area contributed by atoms with Crippen molar-refractivity contribution in [1.82, 2.24) is 0 Å². The summed E-state index contributed by atoms with van der Waals surface area (Å²) in [5, 5.41) is 0.391. The van der Waals surface area contributed by atoms with Gasteiger partial charge in [-0.15, -0.1) is 0 Å². The summed E-state index contributed by atoms with van der Waals surface area (Å²) in [7, 11) is 0. The highest BCUT2D eigenvalue weighted by Crippen LogP contribution is 2.37. The van der Waals surface area contributed by atoms with Gasteiger partial charge in [-0.25, -0.2) is 4.39 Å². The Morgan fingerprint density at radius 1 is 1.18 bits per heavy atom. The topological polar surface area (TPSA) is 0 Å². The summed E-state index contributed by atoms with van der Waals surface area (Å²) in [4.78, 5) is 0. The van der Waals surface area contributed by atoms with Crippen LogP contribution in [0.2, 0.25) is 0 Å². The highest BCUT2D eigenvalue weighted by Gasteiger charge is 2.51. The van der Waals surface area contributed by atoms with Crippen molar-refractivity contribution in [3.05, 3.63) is 0 Å². The van der Waals surface area contributed by atoms with Crippen LogP contribution < -0.4 is 0 Å². The molecule has 0 spiro atoms. The number of rotatable bonds is 3. The van der Waals surface area contributed by atoms with Crippen LogP contribution in [0, 0.1) is 0 Å². The summed E-state index contributed by atoms with van der Waals surface area (Å²) in [6, 6.07) is 0. The van der Waals surface area contributed by atoms with E-state index in [1.165, 1.54) is 0 Å². The second kappa shape index (κ2) is 3.74. The molecule has 0 saturated heterocycles. The first kappa shape index (κ1) is 11.2. The largest absolute Gasteiger partial charge is 0.422 e. The van der Waals surface area contributed by atoms with Gasteiger partial charge >= 0.3 is 6.18 Å². The average Bonchev–Trinajstić information content (AvgIpc) is 1.81. The van der Waals surface area contributed by atoms with E-state index in [2.05, 4.69) is 15.9 Å². The Morgan fingerprint density at radius 2 is 1.64 bits per heavy atom. The van der Waals surface area contributed by atoms with Crippen LogP contribution in [0.4, 0.5) is 17.6 Å². The number of hydrogen-bond acceptors (Lipinski definition) is 0. The number of alkyl halides is 5. The normalized spacial score (nSPS) is 18.0. The van der Waals surface area contributed by atoms with Gasteiger partial charge in [0.15, 0.2) is 0 Å². The SMILES string of the molecule is CC(F)(CCCBr)C(F)(F)F. The lowest BCUT2D eigenvalue weighted by Gasteiger charge is -2.22. The summed E-state index contributed by atoms with van der Waals surface area (Å²) in [6.45, 7) is 0.565. The molecule has 0 N–H and O–H groups in total. The van der Waals surface area contributed by atoms with Crippen molar-refractivity contribution in [2.45, 2.75) is 31.6 Å². The minimum Gasteiger partial charge on any atom is -0.234 e. The van der Waals surface area contributed by atoms with Crippen LogP contribution in [0.5, 0.6) is 0 Å². The maximum Gasteiger partial charge on any atom is 0.422 e. The molecule has 0 aromatic heterocycles. The van der Waals surface area contributed by atoms with Gasteiger partial charge in [-0.05, 0) is 19.8 Å². The number of hydrogen-bond donors (Lipinski definition) is 0. The van der Waals surface area contributed by atoms with E-state index in [-0.39, 0.29) is 6.42 Å². The zero-order valence-electron chi connectivity index (χ0n) is 6.01. The molecular formula is C6H9BrF4. The molecule has 11 heavy (non-hydrogen) atoms. The fourth-order valence-electron chi connectivity index (χ4n) is 0.541. The highest BCUT2D eigenvalue weighted by molar-refractivity contribution is 9.09. The molecule has 0 aromatic carbocycles. The van der Waals surface area contributed by atoms with Crippen molar-refractivity contribution in [3.8, 4) is 0 Å². The van der Waals surface area contributed by atoms with Crippen molar-refractivity contribution in [1.29, 1.82) is 0 Å². The van der Waals surface area contributed by atoms with Gasteiger partial charge in [-0.2, -0.15) is 13.2 Å². The van der Waals surface area contributed by atoms with Crippen molar-refractivity contribution >= 4 is 15.9 Å². The first-order valence-electron chi connectivity index (χ1n) is 3.13. The van der Waals surface area contributed by atoms with Crippen molar-refractivity contribution in [2.75, 3.05) is 5.33 Å². The van der Waals surface area contributed by atoms with Crippen LogP contribution in [-0.4, -0.2) is 17.2 Å². The highest BCUT2D eigenvalue weighted by atomic mass is 79.9. The van der Waals surface area contributed by atoms with Gasteiger partial charge in [-0.3, -0.25) is 0 Å². The molecule has 68 valence electrons. The summed E-state index contributed by atoms with van der Waals surface area (Å²) < 4.78 is 47.9. The van der Waals surface area contributed by atoms with Gasteiger partial charge in [0.05, 0.1) is 0 Å². The van der Waals surface area contributed by atoms with E-state index in [1.54, 1.807) is 0 Å². The van der Waals surface area contributed by atoms with Gasteiger partial charge < -0.3 is 0 Å². The Kier molecular flexibility index (Phi) is 3.80. The van der Waals surface area contributed by atoms with E-state index in [9.17, 15) is 17.6 Å². The first-order chi connectivity index (χ1) is 4.81. The minimum atomic E-state index is -4.74. The Morgan fingerprint density at radius 3 is 1.91 bits per heavy atom. The molecule has 0 fully saturated rings. The van der Waals surface area contributed by atoms with E-state index < -0.39 is 18.3 Å². The molecule has 5 heteroatoms. The molecule has 0 radical (unpaired) electrons. The lowest BCUT2D eigenvalue weighted by atomic mass is 10.0. The first-order valence-corrected chi connectivity index (χ1v) is 4.25. The van der Waals surface area contributed by atoms with Gasteiger partial charge in [0.2, 0.25) is 5.67 Å². The average molecular weight is 237 g/mol. The monoisotopic (exact) mass is 236 g/mol. The minimum absolute atomic E-state index is 0.187. The second-order valence-corrected chi connectivity index (χ2v) is 3.28. The molecule has 0 aliphatic carbocycles. The maximum atomic E-state index is 12.6. The lowest BCUT2D eigenvalue weighted by Crippen LogP contribution is -2.37.